The van der Waals surface area contributed by atoms with Gasteiger partial charge in [0, 0.05) is 18.0 Å². The topological polar surface area (TPSA) is 83.6 Å². The standard InChI is InChI=1S/C18H20N2O3S/c19-17(22)13-9-16(24-11-13)18(23)20-8-4-7-14(20)10-15(21)12-5-2-1-3-6-12/h1-3,5-6,9,11,14-15,21H,4,7-8,10H2,(H2,19,22). The lowest BCUT2D eigenvalue weighted by atomic mass is 10.0. The monoisotopic (exact) mass is 344 g/mol. The Morgan fingerprint density at radius 1 is 1.33 bits per heavy atom. The number of hydrogen-bond acceptors (Lipinski definition) is 4. The molecule has 1 fully saturated rings. The number of carbonyl (C=O) groups excluding carboxylic acids is 2. The summed E-state index contributed by atoms with van der Waals surface area (Å²) in [6, 6.07) is 11.0. The molecule has 0 saturated carbocycles. The van der Waals surface area contributed by atoms with Gasteiger partial charge in [-0.1, -0.05) is 30.3 Å². The van der Waals surface area contributed by atoms with E-state index >= 15 is 0 Å². The zero-order valence-corrected chi connectivity index (χ0v) is 14.0. The lowest BCUT2D eigenvalue weighted by molar-refractivity contribution is 0.0671. The minimum absolute atomic E-state index is 0.00633. The number of rotatable bonds is 5. The largest absolute Gasteiger partial charge is 0.388 e. The van der Waals surface area contributed by atoms with E-state index in [2.05, 4.69) is 0 Å². The number of carbonyl (C=O) groups is 2. The van der Waals surface area contributed by atoms with E-state index in [0.29, 0.717) is 23.4 Å². The molecular weight excluding hydrogens is 324 g/mol. The number of likely N-dealkylation sites (tertiary alicyclic amines) is 1. The molecule has 2 aromatic rings. The molecule has 24 heavy (non-hydrogen) atoms. The molecule has 0 spiro atoms. The van der Waals surface area contributed by atoms with Crippen LogP contribution >= 0.6 is 11.3 Å². The first-order valence-corrected chi connectivity index (χ1v) is 8.86. The van der Waals surface area contributed by atoms with Gasteiger partial charge in [-0.3, -0.25) is 9.59 Å². The molecule has 126 valence electrons. The highest BCUT2D eigenvalue weighted by Gasteiger charge is 2.32. The molecule has 0 aliphatic carbocycles. The molecule has 1 aliphatic rings. The third kappa shape index (κ3) is 3.49. The number of primary amides is 1. The van der Waals surface area contributed by atoms with Gasteiger partial charge in [-0.15, -0.1) is 11.3 Å². The molecule has 1 saturated heterocycles. The molecule has 0 radical (unpaired) electrons. The van der Waals surface area contributed by atoms with Crippen LogP contribution in [0.1, 0.15) is 51.0 Å². The summed E-state index contributed by atoms with van der Waals surface area (Å²) in [7, 11) is 0. The summed E-state index contributed by atoms with van der Waals surface area (Å²) in [4.78, 5) is 26.2. The van der Waals surface area contributed by atoms with Crippen LogP contribution in [0.3, 0.4) is 0 Å². The highest BCUT2D eigenvalue weighted by molar-refractivity contribution is 7.12. The number of aliphatic hydroxyl groups excluding tert-OH is 1. The highest BCUT2D eigenvalue weighted by atomic mass is 32.1. The molecule has 3 rings (SSSR count). The molecule has 1 aromatic carbocycles. The van der Waals surface area contributed by atoms with Crippen molar-refractivity contribution in [3.05, 3.63) is 57.8 Å². The van der Waals surface area contributed by atoms with Crippen molar-refractivity contribution in [2.24, 2.45) is 5.73 Å². The van der Waals surface area contributed by atoms with Crippen molar-refractivity contribution in [2.45, 2.75) is 31.4 Å². The van der Waals surface area contributed by atoms with E-state index in [1.165, 1.54) is 11.3 Å². The zero-order valence-electron chi connectivity index (χ0n) is 13.2. The van der Waals surface area contributed by atoms with Crippen LogP contribution in [0.15, 0.2) is 41.8 Å². The van der Waals surface area contributed by atoms with Crippen molar-refractivity contribution < 1.29 is 14.7 Å². The fraction of sp³-hybridized carbons (Fsp3) is 0.333. The molecule has 1 aliphatic heterocycles. The van der Waals surface area contributed by atoms with Crippen LogP contribution < -0.4 is 5.73 Å². The SMILES string of the molecule is NC(=O)c1csc(C(=O)N2CCCC2CC(O)c2ccccc2)c1. The van der Waals surface area contributed by atoms with Crippen LogP contribution in [0.4, 0.5) is 0 Å². The Balaban J connectivity index is 1.70. The third-order valence-electron chi connectivity index (χ3n) is 4.41. The summed E-state index contributed by atoms with van der Waals surface area (Å²) in [5, 5.41) is 12.0. The van der Waals surface area contributed by atoms with E-state index in [-0.39, 0.29) is 11.9 Å². The van der Waals surface area contributed by atoms with Crippen molar-refractivity contribution in [1.29, 1.82) is 0 Å². The number of hydrogen-bond donors (Lipinski definition) is 2. The molecule has 2 amide bonds. The van der Waals surface area contributed by atoms with Crippen molar-refractivity contribution >= 4 is 23.2 Å². The fourth-order valence-electron chi connectivity index (χ4n) is 3.14. The minimum atomic E-state index is -0.589. The second-order valence-electron chi connectivity index (χ2n) is 6.02. The predicted octanol–water partition coefficient (Wildman–Crippen LogP) is 2.58. The van der Waals surface area contributed by atoms with E-state index < -0.39 is 12.0 Å². The number of benzene rings is 1. The van der Waals surface area contributed by atoms with E-state index in [1.807, 2.05) is 35.2 Å². The summed E-state index contributed by atoms with van der Waals surface area (Å²) in [5.74, 6) is -0.613. The molecule has 5 nitrogen and oxygen atoms in total. The maximum atomic E-state index is 12.7. The van der Waals surface area contributed by atoms with Gasteiger partial charge >= 0.3 is 0 Å². The smallest absolute Gasteiger partial charge is 0.264 e. The van der Waals surface area contributed by atoms with Gasteiger partial charge < -0.3 is 15.7 Å². The fourth-order valence-corrected chi connectivity index (χ4v) is 3.99. The van der Waals surface area contributed by atoms with E-state index in [0.717, 1.165) is 18.4 Å². The summed E-state index contributed by atoms with van der Waals surface area (Å²) in [5.41, 5.74) is 6.48. The summed E-state index contributed by atoms with van der Waals surface area (Å²) >= 11 is 1.24. The summed E-state index contributed by atoms with van der Waals surface area (Å²) < 4.78 is 0. The summed E-state index contributed by atoms with van der Waals surface area (Å²) in [6.45, 7) is 0.675. The van der Waals surface area contributed by atoms with E-state index in [4.69, 9.17) is 5.73 Å². The van der Waals surface area contributed by atoms with Gasteiger partial charge in [-0.2, -0.15) is 0 Å². The average molecular weight is 344 g/mol. The molecular formula is C18H20N2O3S. The lowest BCUT2D eigenvalue weighted by Crippen LogP contribution is -2.36. The minimum Gasteiger partial charge on any atom is -0.388 e. The van der Waals surface area contributed by atoms with Crippen LogP contribution in [0, 0.1) is 0 Å². The molecule has 2 heterocycles. The second-order valence-corrected chi connectivity index (χ2v) is 6.93. The first kappa shape index (κ1) is 16.7. The molecule has 0 bridgehead atoms. The first-order valence-electron chi connectivity index (χ1n) is 7.98. The van der Waals surface area contributed by atoms with Crippen LogP contribution in [0.5, 0.6) is 0 Å². The van der Waals surface area contributed by atoms with E-state index in [1.54, 1.807) is 11.4 Å². The Morgan fingerprint density at radius 3 is 2.75 bits per heavy atom. The molecule has 1 aromatic heterocycles. The van der Waals surface area contributed by atoms with Crippen LogP contribution in [-0.4, -0.2) is 34.4 Å². The van der Waals surface area contributed by atoms with Crippen molar-refractivity contribution in [3.63, 3.8) is 0 Å². The Labute approximate surface area is 144 Å². The Morgan fingerprint density at radius 2 is 2.08 bits per heavy atom. The molecule has 3 N–H and O–H groups in total. The molecule has 6 heteroatoms. The van der Waals surface area contributed by atoms with Gasteiger partial charge in [0.05, 0.1) is 16.5 Å². The number of amides is 2. The number of thiophene rings is 1. The summed E-state index contributed by atoms with van der Waals surface area (Å²) in [6.07, 6.45) is 1.73. The molecule has 2 atom stereocenters. The maximum absolute atomic E-state index is 12.7. The first-order chi connectivity index (χ1) is 11.6. The van der Waals surface area contributed by atoms with E-state index in [9.17, 15) is 14.7 Å². The highest BCUT2D eigenvalue weighted by Crippen LogP contribution is 2.29. The average Bonchev–Trinajstić information content (AvgIpc) is 3.24. The number of nitrogens with two attached hydrogens (primary N) is 1. The zero-order chi connectivity index (χ0) is 17.1. The quantitative estimate of drug-likeness (QED) is 0.874. The Kier molecular flexibility index (Phi) is 4.97. The maximum Gasteiger partial charge on any atom is 0.264 e. The van der Waals surface area contributed by atoms with Gasteiger partial charge in [-0.05, 0) is 30.9 Å². The van der Waals surface area contributed by atoms with Gasteiger partial charge in [-0.25, -0.2) is 0 Å². The van der Waals surface area contributed by atoms with Gasteiger partial charge in [0.2, 0.25) is 5.91 Å². The predicted molar refractivity (Wildman–Crippen MR) is 92.9 cm³/mol. The second kappa shape index (κ2) is 7.15. The van der Waals surface area contributed by atoms with Crippen molar-refractivity contribution in [1.82, 2.24) is 4.90 Å². The van der Waals surface area contributed by atoms with Gasteiger partial charge in [0.25, 0.3) is 5.91 Å². The van der Waals surface area contributed by atoms with Crippen LogP contribution in [0.2, 0.25) is 0 Å². The lowest BCUT2D eigenvalue weighted by Gasteiger charge is -2.26. The number of aliphatic hydroxyl groups is 1. The van der Waals surface area contributed by atoms with Crippen LogP contribution in [0.25, 0.3) is 0 Å². The third-order valence-corrected chi connectivity index (χ3v) is 5.33. The number of nitrogens with zero attached hydrogens (tertiary/aromatic N) is 1. The Bertz CT molecular complexity index is 729. The van der Waals surface area contributed by atoms with Gasteiger partial charge in [0.1, 0.15) is 0 Å². The van der Waals surface area contributed by atoms with Gasteiger partial charge in [0.15, 0.2) is 0 Å². The van der Waals surface area contributed by atoms with Crippen LogP contribution in [-0.2, 0) is 0 Å². The molecule has 2 unspecified atom stereocenters. The van der Waals surface area contributed by atoms with Crippen molar-refractivity contribution in [3.8, 4) is 0 Å². The Hall–Kier alpha value is -2.18. The van der Waals surface area contributed by atoms with Crippen molar-refractivity contribution in [2.75, 3.05) is 6.54 Å². The normalized spacial score (nSPS) is 18.5.